The van der Waals surface area contributed by atoms with Crippen LogP contribution in [0.3, 0.4) is 0 Å². The number of ether oxygens (including phenoxy) is 1. The minimum atomic E-state index is -0.529. The van der Waals surface area contributed by atoms with Gasteiger partial charge in [0.1, 0.15) is 11.4 Å². The average molecular weight is 313 g/mol. The van der Waals surface area contributed by atoms with Crippen molar-refractivity contribution in [2.75, 3.05) is 19.6 Å². The molecule has 1 atom stereocenters. The Balaban J connectivity index is 2.22. The second-order valence-corrected chi connectivity index (χ2v) is 6.51. The van der Waals surface area contributed by atoms with E-state index in [9.17, 15) is 9.90 Å². The summed E-state index contributed by atoms with van der Waals surface area (Å²) in [5.41, 5.74) is 0.343. The van der Waals surface area contributed by atoms with E-state index in [-0.39, 0.29) is 22.9 Å². The topological polar surface area (TPSA) is 61.8 Å². The summed E-state index contributed by atoms with van der Waals surface area (Å²) in [5.74, 6) is 0.0352. The molecular formula is C15H21ClN2O3. The third kappa shape index (κ3) is 4.02. The molecule has 1 aliphatic rings. The molecule has 0 saturated carbocycles. The zero-order valence-corrected chi connectivity index (χ0v) is 13.3. The third-order valence-electron chi connectivity index (χ3n) is 3.23. The summed E-state index contributed by atoms with van der Waals surface area (Å²) in [4.78, 5) is 14.0. The predicted molar refractivity (Wildman–Crippen MR) is 81.7 cm³/mol. The molecule has 0 radical (unpaired) electrons. The molecule has 21 heavy (non-hydrogen) atoms. The van der Waals surface area contributed by atoms with Crippen molar-refractivity contribution in [1.82, 2.24) is 10.2 Å². The number of halogens is 1. The van der Waals surface area contributed by atoms with Crippen LogP contribution in [0, 0.1) is 0 Å². The molecule has 1 aromatic carbocycles. The van der Waals surface area contributed by atoms with Crippen molar-refractivity contribution in [3.63, 3.8) is 0 Å². The number of nitrogens with zero attached hydrogens (tertiary/aromatic N) is 1. The number of hydrogen-bond acceptors (Lipinski definition) is 4. The van der Waals surface area contributed by atoms with Crippen molar-refractivity contribution < 1.29 is 14.6 Å². The molecule has 6 heteroatoms. The number of phenols is 1. The van der Waals surface area contributed by atoms with Crippen LogP contribution in [0.2, 0.25) is 5.02 Å². The molecule has 1 heterocycles. The van der Waals surface area contributed by atoms with Crippen LogP contribution < -0.4 is 5.32 Å². The lowest BCUT2D eigenvalue weighted by atomic mass is 10.0. The Kier molecular flexibility index (Phi) is 4.64. The predicted octanol–water partition coefficient (Wildman–Crippen LogP) is 2.93. The van der Waals surface area contributed by atoms with Gasteiger partial charge in [-0.1, -0.05) is 17.7 Å². The number of nitrogens with one attached hydrogen (secondary N) is 1. The van der Waals surface area contributed by atoms with Crippen LogP contribution in [0.5, 0.6) is 5.75 Å². The Morgan fingerprint density at radius 3 is 2.81 bits per heavy atom. The number of carbonyl (C=O) groups excluding carboxylic acids is 1. The Hall–Kier alpha value is -1.46. The molecule has 1 saturated heterocycles. The molecule has 1 aliphatic heterocycles. The highest BCUT2D eigenvalue weighted by molar-refractivity contribution is 6.32. The maximum atomic E-state index is 12.3. The molecule has 0 bridgehead atoms. The van der Waals surface area contributed by atoms with E-state index in [0.29, 0.717) is 13.1 Å². The first-order valence-corrected chi connectivity index (χ1v) is 7.34. The Morgan fingerprint density at radius 2 is 2.19 bits per heavy atom. The first-order chi connectivity index (χ1) is 9.78. The standard InChI is InChI=1S/C15H21ClN2O3/c1-15(2,3)21-14(20)18-7-6-17-9-12(18)10-4-5-13(19)11(16)8-10/h4-5,8,12,17,19H,6-7,9H2,1-3H3. The molecule has 1 fully saturated rings. The molecule has 1 amide bonds. The summed E-state index contributed by atoms with van der Waals surface area (Å²) < 4.78 is 5.46. The first kappa shape index (κ1) is 15.9. The van der Waals surface area contributed by atoms with Gasteiger partial charge in [0.2, 0.25) is 0 Å². The highest BCUT2D eigenvalue weighted by Gasteiger charge is 2.31. The van der Waals surface area contributed by atoms with Crippen LogP contribution >= 0.6 is 11.6 Å². The summed E-state index contributed by atoms with van der Waals surface area (Å²) in [5, 5.41) is 13.1. The molecule has 0 aromatic heterocycles. The van der Waals surface area contributed by atoms with Gasteiger partial charge in [0.15, 0.2) is 0 Å². The number of benzene rings is 1. The van der Waals surface area contributed by atoms with E-state index in [4.69, 9.17) is 16.3 Å². The summed E-state index contributed by atoms with van der Waals surface area (Å²) in [7, 11) is 0. The van der Waals surface area contributed by atoms with Crippen molar-refractivity contribution in [3.05, 3.63) is 28.8 Å². The monoisotopic (exact) mass is 312 g/mol. The Bertz CT molecular complexity index is 528. The summed E-state index contributed by atoms with van der Waals surface area (Å²) in [6, 6.07) is 4.84. The van der Waals surface area contributed by atoms with E-state index in [1.54, 1.807) is 23.1 Å². The number of rotatable bonds is 1. The third-order valence-corrected chi connectivity index (χ3v) is 3.53. The number of amides is 1. The van der Waals surface area contributed by atoms with Gasteiger partial charge in [-0.25, -0.2) is 4.79 Å². The van der Waals surface area contributed by atoms with Crippen LogP contribution in [-0.2, 0) is 4.74 Å². The smallest absolute Gasteiger partial charge is 0.410 e. The fourth-order valence-corrected chi connectivity index (χ4v) is 2.46. The second-order valence-electron chi connectivity index (χ2n) is 6.10. The van der Waals surface area contributed by atoms with Gasteiger partial charge in [0.05, 0.1) is 11.1 Å². The van der Waals surface area contributed by atoms with Gasteiger partial charge in [-0.2, -0.15) is 0 Å². The normalized spacial score (nSPS) is 19.4. The van der Waals surface area contributed by atoms with Crippen molar-refractivity contribution >= 4 is 17.7 Å². The van der Waals surface area contributed by atoms with Crippen LogP contribution in [0.25, 0.3) is 0 Å². The van der Waals surface area contributed by atoms with Gasteiger partial charge >= 0.3 is 6.09 Å². The molecule has 1 aromatic rings. The minimum absolute atomic E-state index is 0.0352. The Morgan fingerprint density at radius 1 is 1.48 bits per heavy atom. The maximum absolute atomic E-state index is 12.3. The van der Waals surface area contributed by atoms with Gasteiger partial charge in [0, 0.05) is 19.6 Å². The van der Waals surface area contributed by atoms with E-state index in [1.807, 2.05) is 20.8 Å². The molecule has 1 unspecified atom stereocenters. The SMILES string of the molecule is CC(C)(C)OC(=O)N1CCNCC1c1ccc(O)c(Cl)c1. The first-order valence-electron chi connectivity index (χ1n) is 6.97. The number of carbonyl (C=O) groups is 1. The number of piperazine rings is 1. The van der Waals surface area contributed by atoms with Crippen LogP contribution in [-0.4, -0.2) is 41.3 Å². The summed E-state index contributed by atoms with van der Waals surface area (Å²) >= 11 is 5.96. The zero-order chi connectivity index (χ0) is 15.6. The molecule has 5 nitrogen and oxygen atoms in total. The van der Waals surface area contributed by atoms with Crippen LogP contribution in [0.1, 0.15) is 32.4 Å². The summed E-state index contributed by atoms with van der Waals surface area (Å²) in [6.45, 7) is 7.46. The molecule has 0 spiro atoms. The average Bonchev–Trinajstić information content (AvgIpc) is 2.40. The zero-order valence-electron chi connectivity index (χ0n) is 12.5. The number of hydrogen-bond donors (Lipinski definition) is 2. The highest BCUT2D eigenvalue weighted by atomic mass is 35.5. The number of aromatic hydroxyl groups is 1. The molecule has 116 valence electrons. The van der Waals surface area contributed by atoms with Crippen LogP contribution in [0.15, 0.2) is 18.2 Å². The fraction of sp³-hybridized carbons (Fsp3) is 0.533. The number of phenolic OH excluding ortho intramolecular Hbond substituents is 1. The summed E-state index contributed by atoms with van der Waals surface area (Å²) in [6.07, 6.45) is -0.335. The lowest BCUT2D eigenvalue weighted by Gasteiger charge is -2.37. The van der Waals surface area contributed by atoms with Crippen molar-refractivity contribution in [3.8, 4) is 5.75 Å². The maximum Gasteiger partial charge on any atom is 0.410 e. The Labute approximate surface area is 129 Å². The van der Waals surface area contributed by atoms with Crippen LogP contribution in [0.4, 0.5) is 4.79 Å². The van der Waals surface area contributed by atoms with E-state index in [0.717, 1.165) is 12.1 Å². The van der Waals surface area contributed by atoms with E-state index in [1.165, 1.54) is 0 Å². The molecular weight excluding hydrogens is 292 g/mol. The van der Waals surface area contributed by atoms with Crippen molar-refractivity contribution in [2.45, 2.75) is 32.4 Å². The van der Waals surface area contributed by atoms with Gasteiger partial charge in [-0.15, -0.1) is 0 Å². The second kappa shape index (κ2) is 6.12. The highest BCUT2D eigenvalue weighted by Crippen LogP contribution is 2.30. The minimum Gasteiger partial charge on any atom is -0.506 e. The van der Waals surface area contributed by atoms with Gasteiger partial charge in [-0.05, 0) is 38.5 Å². The van der Waals surface area contributed by atoms with Crippen molar-refractivity contribution in [1.29, 1.82) is 0 Å². The molecule has 0 aliphatic carbocycles. The van der Waals surface area contributed by atoms with Gasteiger partial charge < -0.3 is 15.2 Å². The lowest BCUT2D eigenvalue weighted by molar-refractivity contribution is 0.0118. The van der Waals surface area contributed by atoms with Gasteiger partial charge in [0.25, 0.3) is 0 Å². The van der Waals surface area contributed by atoms with Gasteiger partial charge in [-0.3, -0.25) is 4.90 Å². The largest absolute Gasteiger partial charge is 0.506 e. The van der Waals surface area contributed by atoms with E-state index >= 15 is 0 Å². The van der Waals surface area contributed by atoms with E-state index in [2.05, 4.69) is 5.32 Å². The lowest BCUT2D eigenvalue weighted by Crippen LogP contribution is -2.50. The molecule has 2 N–H and O–H groups in total. The molecule has 2 rings (SSSR count). The van der Waals surface area contributed by atoms with Crippen molar-refractivity contribution in [2.24, 2.45) is 0 Å². The fourth-order valence-electron chi connectivity index (χ4n) is 2.27. The quantitative estimate of drug-likeness (QED) is 0.837. The van der Waals surface area contributed by atoms with E-state index < -0.39 is 5.60 Å².